The molecule has 0 amide bonds. The average Bonchev–Trinajstić information content (AvgIpc) is 2.77. The fraction of sp³-hybridized carbons (Fsp3) is 0.562. The van der Waals surface area contributed by atoms with E-state index < -0.39 is 0 Å². The summed E-state index contributed by atoms with van der Waals surface area (Å²) in [5, 5.41) is 6.01. The maximum Gasteiger partial charge on any atom is 0.158 e. The second kappa shape index (κ2) is 4.87. The van der Waals surface area contributed by atoms with Crippen molar-refractivity contribution in [2.24, 2.45) is 18.9 Å². The maximum absolute atomic E-state index is 4.73. The van der Waals surface area contributed by atoms with E-state index in [4.69, 9.17) is 5.10 Å². The van der Waals surface area contributed by atoms with E-state index in [2.05, 4.69) is 43.0 Å². The molecule has 1 aromatic carbocycles. The molecule has 3 nitrogen and oxygen atoms in total. The SMILES string of the molecule is CC(C)C1CCN(c2nn(C)c3ccccc23)CC1. The van der Waals surface area contributed by atoms with Gasteiger partial charge in [0.15, 0.2) is 5.82 Å². The van der Waals surface area contributed by atoms with Gasteiger partial charge in [-0.15, -0.1) is 0 Å². The van der Waals surface area contributed by atoms with E-state index in [1.165, 1.54) is 29.6 Å². The number of anilines is 1. The summed E-state index contributed by atoms with van der Waals surface area (Å²) in [6, 6.07) is 8.52. The van der Waals surface area contributed by atoms with Crippen molar-refractivity contribution in [2.75, 3.05) is 18.0 Å². The molecule has 1 aromatic heterocycles. The van der Waals surface area contributed by atoms with E-state index in [1.807, 2.05) is 11.7 Å². The number of para-hydroxylation sites is 1. The van der Waals surface area contributed by atoms with Gasteiger partial charge in [-0.2, -0.15) is 5.10 Å². The van der Waals surface area contributed by atoms with Crippen LogP contribution < -0.4 is 4.90 Å². The van der Waals surface area contributed by atoms with Crippen LogP contribution in [0.4, 0.5) is 5.82 Å². The molecule has 2 heterocycles. The minimum atomic E-state index is 0.808. The summed E-state index contributed by atoms with van der Waals surface area (Å²) in [6.45, 7) is 6.97. The van der Waals surface area contributed by atoms with Crippen LogP contribution in [-0.2, 0) is 7.05 Å². The molecule has 3 rings (SSSR count). The van der Waals surface area contributed by atoms with E-state index in [0.29, 0.717) is 0 Å². The minimum Gasteiger partial charge on any atom is -0.355 e. The largest absolute Gasteiger partial charge is 0.355 e. The molecule has 2 aromatic rings. The number of rotatable bonds is 2. The van der Waals surface area contributed by atoms with Gasteiger partial charge in [0, 0.05) is 25.5 Å². The summed E-state index contributed by atoms with van der Waals surface area (Å²) in [7, 11) is 2.03. The Balaban J connectivity index is 1.86. The van der Waals surface area contributed by atoms with Crippen molar-refractivity contribution < 1.29 is 0 Å². The van der Waals surface area contributed by atoms with Crippen molar-refractivity contribution >= 4 is 16.7 Å². The molecule has 0 aliphatic carbocycles. The topological polar surface area (TPSA) is 21.1 Å². The van der Waals surface area contributed by atoms with Gasteiger partial charge in [-0.3, -0.25) is 4.68 Å². The van der Waals surface area contributed by atoms with Crippen molar-refractivity contribution in [2.45, 2.75) is 26.7 Å². The van der Waals surface area contributed by atoms with Crippen LogP contribution in [0.15, 0.2) is 24.3 Å². The van der Waals surface area contributed by atoms with Crippen LogP contribution in [0.25, 0.3) is 10.9 Å². The summed E-state index contributed by atoms with van der Waals surface area (Å²) >= 11 is 0. The average molecular weight is 257 g/mol. The Hall–Kier alpha value is -1.51. The molecule has 1 aliphatic heterocycles. The lowest BCUT2D eigenvalue weighted by atomic mass is 9.87. The summed E-state index contributed by atoms with van der Waals surface area (Å²) in [5.41, 5.74) is 1.23. The zero-order chi connectivity index (χ0) is 13.4. The van der Waals surface area contributed by atoms with Gasteiger partial charge < -0.3 is 4.90 Å². The molecule has 3 heteroatoms. The lowest BCUT2D eigenvalue weighted by Crippen LogP contribution is -2.35. The third-order valence-electron chi connectivity index (χ3n) is 4.52. The Kier molecular flexibility index (Phi) is 3.21. The van der Waals surface area contributed by atoms with Gasteiger partial charge >= 0.3 is 0 Å². The fourth-order valence-corrected chi connectivity index (χ4v) is 3.21. The highest BCUT2D eigenvalue weighted by atomic mass is 15.3. The first kappa shape index (κ1) is 12.5. The quantitative estimate of drug-likeness (QED) is 0.821. The van der Waals surface area contributed by atoms with Crippen molar-refractivity contribution in [3.63, 3.8) is 0 Å². The molecule has 19 heavy (non-hydrogen) atoms. The molecular formula is C16H23N3. The molecule has 0 radical (unpaired) electrons. The summed E-state index contributed by atoms with van der Waals surface area (Å²) in [6.07, 6.45) is 2.59. The molecule has 0 saturated carbocycles. The normalized spacial score (nSPS) is 17.6. The molecule has 0 unspecified atom stereocenters. The van der Waals surface area contributed by atoms with Gasteiger partial charge in [0.2, 0.25) is 0 Å². The van der Waals surface area contributed by atoms with E-state index in [0.717, 1.165) is 24.9 Å². The number of hydrogen-bond donors (Lipinski definition) is 0. The van der Waals surface area contributed by atoms with Gasteiger partial charge in [0.25, 0.3) is 0 Å². The van der Waals surface area contributed by atoms with Gasteiger partial charge in [0.05, 0.1) is 5.52 Å². The highest BCUT2D eigenvalue weighted by Gasteiger charge is 2.24. The number of benzene rings is 1. The van der Waals surface area contributed by atoms with E-state index in [-0.39, 0.29) is 0 Å². The first-order chi connectivity index (χ1) is 9.16. The molecule has 0 spiro atoms. The Morgan fingerprint density at radius 1 is 1.16 bits per heavy atom. The fourth-order valence-electron chi connectivity index (χ4n) is 3.21. The van der Waals surface area contributed by atoms with Crippen LogP contribution in [0.2, 0.25) is 0 Å². The minimum absolute atomic E-state index is 0.808. The molecule has 0 N–H and O–H groups in total. The van der Waals surface area contributed by atoms with Crippen molar-refractivity contribution in [1.82, 2.24) is 9.78 Å². The highest BCUT2D eigenvalue weighted by Crippen LogP contribution is 2.31. The smallest absolute Gasteiger partial charge is 0.158 e. The number of aryl methyl sites for hydroxylation is 1. The Morgan fingerprint density at radius 2 is 1.84 bits per heavy atom. The third kappa shape index (κ3) is 2.22. The molecule has 102 valence electrons. The van der Waals surface area contributed by atoms with Crippen molar-refractivity contribution in [1.29, 1.82) is 0 Å². The lowest BCUT2D eigenvalue weighted by Gasteiger charge is -2.34. The Labute approximate surface area is 115 Å². The number of piperidine rings is 1. The van der Waals surface area contributed by atoms with Crippen molar-refractivity contribution in [3.05, 3.63) is 24.3 Å². The van der Waals surface area contributed by atoms with Crippen LogP contribution in [0.5, 0.6) is 0 Å². The zero-order valence-corrected chi connectivity index (χ0v) is 12.1. The summed E-state index contributed by atoms with van der Waals surface area (Å²) < 4.78 is 2.00. The first-order valence-electron chi connectivity index (χ1n) is 7.33. The van der Waals surface area contributed by atoms with Crippen molar-refractivity contribution in [3.8, 4) is 0 Å². The van der Waals surface area contributed by atoms with Crippen LogP contribution in [0.1, 0.15) is 26.7 Å². The van der Waals surface area contributed by atoms with Gasteiger partial charge in [-0.1, -0.05) is 26.0 Å². The molecular weight excluding hydrogens is 234 g/mol. The molecule has 1 aliphatic rings. The number of aromatic nitrogens is 2. The number of nitrogens with zero attached hydrogens (tertiary/aromatic N) is 3. The summed E-state index contributed by atoms with van der Waals surface area (Å²) in [5.74, 6) is 2.86. The Bertz CT molecular complexity index is 562. The predicted molar refractivity (Wildman–Crippen MR) is 80.5 cm³/mol. The van der Waals surface area contributed by atoms with E-state index >= 15 is 0 Å². The Morgan fingerprint density at radius 3 is 2.53 bits per heavy atom. The van der Waals surface area contributed by atoms with Crippen LogP contribution in [-0.4, -0.2) is 22.9 Å². The van der Waals surface area contributed by atoms with Crippen LogP contribution in [0.3, 0.4) is 0 Å². The molecule has 1 fully saturated rings. The van der Waals surface area contributed by atoms with Gasteiger partial charge in [-0.25, -0.2) is 0 Å². The molecule has 0 atom stereocenters. The lowest BCUT2D eigenvalue weighted by molar-refractivity contribution is 0.310. The van der Waals surface area contributed by atoms with Gasteiger partial charge in [-0.05, 0) is 36.8 Å². The predicted octanol–water partition coefficient (Wildman–Crippen LogP) is 3.45. The van der Waals surface area contributed by atoms with Crippen LogP contribution >= 0.6 is 0 Å². The second-order valence-electron chi connectivity index (χ2n) is 6.03. The molecule has 1 saturated heterocycles. The zero-order valence-electron chi connectivity index (χ0n) is 12.1. The monoisotopic (exact) mass is 257 g/mol. The standard InChI is InChI=1S/C16H23N3/c1-12(2)13-8-10-19(11-9-13)16-14-6-4-5-7-15(14)18(3)17-16/h4-7,12-13H,8-11H2,1-3H3. The number of hydrogen-bond acceptors (Lipinski definition) is 2. The highest BCUT2D eigenvalue weighted by molar-refractivity contribution is 5.90. The van der Waals surface area contributed by atoms with Gasteiger partial charge in [0.1, 0.15) is 0 Å². The first-order valence-corrected chi connectivity index (χ1v) is 7.33. The maximum atomic E-state index is 4.73. The second-order valence-corrected chi connectivity index (χ2v) is 6.03. The summed E-state index contributed by atoms with van der Waals surface area (Å²) in [4.78, 5) is 2.46. The number of fused-ring (bicyclic) bond motifs is 1. The molecule has 0 bridgehead atoms. The van der Waals surface area contributed by atoms with Crippen LogP contribution in [0, 0.1) is 11.8 Å². The van der Waals surface area contributed by atoms with E-state index in [9.17, 15) is 0 Å². The third-order valence-corrected chi connectivity index (χ3v) is 4.52. The van der Waals surface area contributed by atoms with E-state index in [1.54, 1.807) is 0 Å².